The SMILES string of the molecule is CC(C)On1oc(=O)o1. The third-order valence-corrected chi connectivity index (χ3v) is 0.595. The van der Waals surface area contributed by atoms with Gasteiger partial charge in [0.15, 0.2) is 0 Å². The molecule has 0 unspecified atom stereocenters. The fourth-order valence-corrected chi connectivity index (χ4v) is 0.344. The second-order valence-electron chi connectivity index (χ2n) is 1.81. The molecule has 0 N–H and O–H groups in total. The lowest BCUT2D eigenvalue weighted by Crippen LogP contribution is -2.27. The summed E-state index contributed by atoms with van der Waals surface area (Å²) >= 11 is 0. The van der Waals surface area contributed by atoms with Crippen molar-refractivity contribution in [3.05, 3.63) is 10.6 Å². The van der Waals surface area contributed by atoms with Gasteiger partial charge in [0.25, 0.3) is 0 Å². The monoisotopic (exact) mass is 133 g/mol. The van der Waals surface area contributed by atoms with Crippen molar-refractivity contribution in [3.63, 3.8) is 0 Å². The van der Waals surface area contributed by atoms with Crippen molar-refractivity contribution >= 4 is 0 Å². The van der Waals surface area contributed by atoms with Crippen molar-refractivity contribution in [1.82, 2.24) is 5.08 Å². The van der Waals surface area contributed by atoms with E-state index >= 15 is 0 Å². The van der Waals surface area contributed by atoms with Crippen LogP contribution in [0.25, 0.3) is 0 Å². The minimum Gasteiger partial charge on any atom is -0.355 e. The highest BCUT2D eigenvalue weighted by molar-refractivity contribution is 4.30. The zero-order valence-electron chi connectivity index (χ0n) is 5.16. The molecule has 0 aliphatic heterocycles. The van der Waals surface area contributed by atoms with E-state index in [1.165, 1.54) is 0 Å². The van der Waals surface area contributed by atoms with E-state index in [0.717, 1.165) is 0 Å². The Bertz CT molecular complexity index is 202. The van der Waals surface area contributed by atoms with Gasteiger partial charge in [0, 0.05) is 0 Å². The Morgan fingerprint density at radius 1 is 1.56 bits per heavy atom. The summed E-state index contributed by atoms with van der Waals surface area (Å²) in [6, 6.07) is 0. The maximum absolute atomic E-state index is 9.93. The maximum Gasteiger partial charge on any atom is 0.568 e. The Kier molecular flexibility index (Phi) is 1.33. The molecule has 0 bridgehead atoms. The molecule has 0 aliphatic carbocycles. The average Bonchev–Trinajstić information content (AvgIpc) is 1.60. The van der Waals surface area contributed by atoms with Crippen molar-refractivity contribution in [1.29, 1.82) is 0 Å². The topological polar surface area (TPSA) is 57.5 Å². The first-order valence-corrected chi connectivity index (χ1v) is 2.55. The summed E-state index contributed by atoms with van der Waals surface area (Å²) in [7, 11) is 0. The summed E-state index contributed by atoms with van der Waals surface area (Å²) in [6.07, 6.45) is -0.0573. The molecule has 0 fully saturated rings. The van der Waals surface area contributed by atoms with Gasteiger partial charge in [-0.25, -0.2) is 9.05 Å². The summed E-state index contributed by atoms with van der Waals surface area (Å²) in [5.41, 5.74) is 0. The molecule has 0 saturated carbocycles. The van der Waals surface area contributed by atoms with Gasteiger partial charge >= 0.3 is 5.82 Å². The van der Waals surface area contributed by atoms with Gasteiger partial charge in [0.2, 0.25) is 0 Å². The number of nitrogens with zero attached hydrogens (tertiary/aromatic N) is 1. The standard InChI is InChI=1S/C4H7NO4/c1-3(2)7-5-8-4(6)9-5/h3H,1-2H3. The van der Waals surface area contributed by atoms with Crippen LogP contribution in [0.3, 0.4) is 0 Å². The molecule has 0 atom stereocenters. The fourth-order valence-electron chi connectivity index (χ4n) is 0.344. The summed E-state index contributed by atoms with van der Waals surface area (Å²) in [5, 5.41) is 0.674. The van der Waals surface area contributed by atoms with Crippen molar-refractivity contribution in [3.8, 4) is 0 Å². The van der Waals surface area contributed by atoms with Crippen LogP contribution >= 0.6 is 0 Å². The van der Waals surface area contributed by atoms with Crippen LogP contribution in [0, 0.1) is 0 Å². The molecule has 0 radical (unpaired) electrons. The van der Waals surface area contributed by atoms with E-state index < -0.39 is 5.82 Å². The summed E-state index contributed by atoms with van der Waals surface area (Å²) in [4.78, 5) is 14.6. The zero-order valence-corrected chi connectivity index (χ0v) is 5.16. The van der Waals surface area contributed by atoms with Gasteiger partial charge in [0.05, 0.1) is 0 Å². The molecule has 0 saturated heterocycles. The second-order valence-corrected chi connectivity index (χ2v) is 1.81. The van der Waals surface area contributed by atoms with Gasteiger partial charge in [-0.2, -0.15) is 4.79 Å². The Hall–Kier alpha value is -1.13. The number of hydrogen-bond acceptors (Lipinski definition) is 4. The summed E-state index contributed by atoms with van der Waals surface area (Å²) in [6.45, 7) is 3.57. The zero-order chi connectivity index (χ0) is 6.85. The van der Waals surface area contributed by atoms with Crippen LogP contribution in [-0.4, -0.2) is 11.2 Å². The highest BCUT2D eigenvalue weighted by Crippen LogP contribution is 1.83. The number of hydrogen-bond donors (Lipinski definition) is 0. The molecule has 0 aromatic carbocycles. The first-order chi connectivity index (χ1) is 4.18. The van der Waals surface area contributed by atoms with Gasteiger partial charge < -0.3 is 4.84 Å². The van der Waals surface area contributed by atoms with Crippen molar-refractivity contribution in [2.45, 2.75) is 20.0 Å². The highest BCUT2D eigenvalue weighted by Gasteiger charge is 2.03. The molecular formula is C4H7NO4. The van der Waals surface area contributed by atoms with Gasteiger partial charge in [-0.1, -0.05) is 0 Å². The van der Waals surface area contributed by atoms with Gasteiger partial charge in [0.1, 0.15) is 11.2 Å². The van der Waals surface area contributed by atoms with E-state index in [9.17, 15) is 4.79 Å². The van der Waals surface area contributed by atoms with Crippen LogP contribution in [0.5, 0.6) is 0 Å². The smallest absolute Gasteiger partial charge is 0.355 e. The van der Waals surface area contributed by atoms with Crippen molar-refractivity contribution < 1.29 is 13.9 Å². The fraction of sp³-hybridized carbons (Fsp3) is 0.750. The second kappa shape index (κ2) is 2.00. The molecule has 5 nitrogen and oxygen atoms in total. The third kappa shape index (κ3) is 1.38. The molecule has 9 heavy (non-hydrogen) atoms. The van der Waals surface area contributed by atoms with E-state index in [-0.39, 0.29) is 6.10 Å². The highest BCUT2D eigenvalue weighted by atomic mass is 17.0. The normalized spacial score (nSPS) is 10.6. The van der Waals surface area contributed by atoms with Crippen LogP contribution in [0.15, 0.2) is 13.8 Å². The average molecular weight is 133 g/mol. The van der Waals surface area contributed by atoms with Crippen LogP contribution in [0.1, 0.15) is 13.8 Å². The lowest BCUT2D eigenvalue weighted by atomic mass is 10.5. The maximum atomic E-state index is 9.93. The van der Waals surface area contributed by atoms with Crippen LogP contribution in [0.2, 0.25) is 0 Å². The molecule has 1 aromatic heterocycles. The van der Waals surface area contributed by atoms with E-state index in [4.69, 9.17) is 4.84 Å². The lowest BCUT2D eigenvalue weighted by molar-refractivity contribution is -0.251. The first kappa shape index (κ1) is 6.00. The van der Waals surface area contributed by atoms with Crippen LogP contribution in [0.4, 0.5) is 0 Å². The largest absolute Gasteiger partial charge is 0.568 e. The molecular weight excluding hydrogens is 126 g/mol. The van der Waals surface area contributed by atoms with Crippen LogP contribution in [-0.2, 0) is 0 Å². The van der Waals surface area contributed by atoms with E-state index in [1.54, 1.807) is 13.8 Å². The van der Waals surface area contributed by atoms with Crippen molar-refractivity contribution in [2.75, 3.05) is 0 Å². The minimum absolute atomic E-state index is 0.0573. The van der Waals surface area contributed by atoms with Crippen LogP contribution < -0.4 is 10.7 Å². The molecule has 52 valence electrons. The molecule has 1 aromatic rings. The van der Waals surface area contributed by atoms with Gasteiger partial charge in [-0.05, 0) is 13.8 Å². The Balaban J connectivity index is 2.44. The van der Waals surface area contributed by atoms with Gasteiger partial charge in [-0.15, -0.1) is 0 Å². The van der Waals surface area contributed by atoms with E-state index in [0.29, 0.717) is 5.08 Å². The van der Waals surface area contributed by atoms with E-state index in [1.807, 2.05) is 0 Å². The van der Waals surface area contributed by atoms with E-state index in [2.05, 4.69) is 9.05 Å². The lowest BCUT2D eigenvalue weighted by Gasteiger charge is -2.06. The molecule has 1 heterocycles. The third-order valence-electron chi connectivity index (χ3n) is 0.595. The quantitative estimate of drug-likeness (QED) is 0.564. The summed E-state index contributed by atoms with van der Waals surface area (Å²) < 4.78 is 8.40. The molecule has 5 heteroatoms. The minimum atomic E-state index is -0.740. The molecule has 0 aliphatic rings. The predicted octanol–water partition coefficient (Wildman–Crippen LogP) is -0.129. The summed E-state index contributed by atoms with van der Waals surface area (Å²) in [5.74, 6) is -0.740. The first-order valence-electron chi connectivity index (χ1n) is 2.55. The van der Waals surface area contributed by atoms with Gasteiger partial charge in [-0.3, -0.25) is 0 Å². The molecule has 0 spiro atoms. The Labute approximate surface area is 50.7 Å². The number of aromatic nitrogens is 1. The predicted molar refractivity (Wildman–Crippen MR) is 26.9 cm³/mol. The van der Waals surface area contributed by atoms with Crippen molar-refractivity contribution in [2.24, 2.45) is 0 Å². The Morgan fingerprint density at radius 2 is 2.11 bits per heavy atom. The number of rotatable bonds is 2. The molecule has 1 rings (SSSR count). The molecule has 0 amide bonds. The Morgan fingerprint density at radius 3 is 2.44 bits per heavy atom.